The van der Waals surface area contributed by atoms with Crippen molar-refractivity contribution in [3.05, 3.63) is 309 Å². The molecule has 5 heterocycles. The quantitative estimate of drug-likeness (QED) is 0.144. The fourth-order valence-corrected chi connectivity index (χ4v) is 14.0. The van der Waals surface area contributed by atoms with Crippen LogP contribution in [0.25, 0.3) is 166 Å². The minimum atomic E-state index is 0.553. The van der Waals surface area contributed by atoms with Gasteiger partial charge in [-0.05, 0) is 126 Å². The van der Waals surface area contributed by atoms with Crippen molar-refractivity contribution in [2.45, 2.75) is 0 Å². The predicted molar refractivity (Wildman–Crippen MR) is 369 cm³/mol. The summed E-state index contributed by atoms with van der Waals surface area (Å²) in [7, 11) is 0. The van der Waals surface area contributed by atoms with Gasteiger partial charge in [0.05, 0.1) is 67.1 Å². The third-order valence-electron chi connectivity index (χ3n) is 18.0. The summed E-state index contributed by atoms with van der Waals surface area (Å²) in [4.78, 5) is 15.6. The van der Waals surface area contributed by atoms with Gasteiger partial charge in [0.1, 0.15) is 0 Å². The molecule has 0 saturated carbocycles. The lowest BCUT2D eigenvalue weighted by atomic mass is 9.94. The Morgan fingerprint density at radius 3 is 0.978 bits per heavy atom. The molecule has 0 spiro atoms. The molecule has 90 heavy (non-hydrogen) atoms. The van der Waals surface area contributed by atoms with Crippen LogP contribution in [0.3, 0.4) is 0 Å². The monoisotopic (exact) mass is 1150 g/mol. The summed E-state index contributed by atoms with van der Waals surface area (Å²) in [6.45, 7) is 0. The largest absolute Gasteiger partial charge is 0.309 e. The van der Waals surface area contributed by atoms with Crippen LogP contribution >= 0.6 is 0 Å². The second kappa shape index (κ2) is 20.3. The highest BCUT2D eigenvalue weighted by molar-refractivity contribution is 6.15. The second-order valence-corrected chi connectivity index (χ2v) is 23.0. The van der Waals surface area contributed by atoms with Crippen molar-refractivity contribution in [3.63, 3.8) is 0 Å². The molecular weight excluding hydrogens is 1100 g/mol. The summed E-state index contributed by atoms with van der Waals surface area (Å²) < 4.78 is 9.60. The van der Waals surface area contributed by atoms with E-state index in [1.807, 2.05) is 78.9 Å². The fraction of sp³-hybridized carbons (Fsp3) is 0. The molecule has 18 rings (SSSR count). The van der Waals surface area contributed by atoms with Crippen molar-refractivity contribution in [1.82, 2.24) is 33.2 Å². The van der Waals surface area contributed by atoms with Gasteiger partial charge in [0.25, 0.3) is 0 Å². The summed E-state index contributed by atoms with van der Waals surface area (Å²) in [5.41, 5.74) is 20.1. The van der Waals surface area contributed by atoms with Crippen molar-refractivity contribution in [3.8, 4) is 85.2 Å². The third kappa shape index (κ3) is 7.97. The van der Waals surface area contributed by atoms with Crippen LogP contribution in [0.5, 0.6) is 0 Å². The van der Waals surface area contributed by atoms with E-state index in [4.69, 9.17) is 15.0 Å². The molecule has 0 atom stereocenters. The molecule has 8 heteroatoms. The first kappa shape index (κ1) is 50.8. The van der Waals surface area contributed by atoms with Crippen molar-refractivity contribution in [2.75, 3.05) is 0 Å². The van der Waals surface area contributed by atoms with Gasteiger partial charge in [0.2, 0.25) is 0 Å². The molecule has 0 fully saturated rings. The van der Waals surface area contributed by atoms with Crippen LogP contribution in [0.2, 0.25) is 0 Å². The summed E-state index contributed by atoms with van der Waals surface area (Å²) in [6, 6.07) is 110. The van der Waals surface area contributed by atoms with E-state index in [1.165, 1.54) is 21.5 Å². The zero-order chi connectivity index (χ0) is 59.4. The van der Waals surface area contributed by atoms with E-state index in [2.05, 4.69) is 249 Å². The fourth-order valence-electron chi connectivity index (χ4n) is 14.0. The number of nitriles is 1. The average molecular weight is 1150 g/mol. The minimum Gasteiger partial charge on any atom is -0.309 e. The van der Waals surface area contributed by atoms with E-state index >= 15 is 0 Å². The number of hydrogen-bond donors (Lipinski definition) is 0. The second-order valence-electron chi connectivity index (χ2n) is 23.0. The minimum absolute atomic E-state index is 0.553. The van der Waals surface area contributed by atoms with E-state index in [1.54, 1.807) is 0 Å². The van der Waals surface area contributed by atoms with Gasteiger partial charge in [-0.25, -0.2) is 15.0 Å². The Kier molecular flexibility index (Phi) is 11.5. The predicted octanol–water partition coefficient (Wildman–Crippen LogP) is 20.5. The number of rotatable bonds is 9. The van der Waals surface area contributed by atoms with Crippen LogP contribution in [0, 0.1) is 11.3 Å². The molecule has 0 aliphatic heterocycles. The SMILES string of the molecule is N#Cc1cccc(-c2cc(-c3cc(-c4nc(-c5ccccc5)nc(-c5ccccc5)n4)ccc3-n3c4ccccc4c4cc(-n5c6ccccc6c6ccccc65)ccc43)ccc2-n2c3ccccc3c3cc(-n4c5ccccc5c5ccccc54)ccc32)c1. The zero-order valence-electron chi connectivity index (χ0n) is 48.4. The standard InChI is InChI=1S/C82H50N8/c83-51-52-20-19-25-55(46-52)66-47-56(38-42-76(66)89-74-36-17-11-30-64(74)68-49-58(40-44-78(68)89)87-70-32-13-7-26-60(70)61-27-8-14-33-71(61)87)67-48-57(82-85-80(53-21-3-1-4-22-53)84-81(86-82)54-23-5-2-6-24-54)39-43-77(67)90-75-37-18-12-31-65(75)69-50-59(41-45-79(69)90)88-72-34-15-9-28-62(72)63-29-10-16-35-73(63)88/h1-50H. The summed E-state index contributed by atoms with van der Waals surface area (Å²) in [6.07, 6.45) is 0. The van der Waals surface area contributed by atoms with Crippen molar-refractivity contribution >= 4 is 87.2 Å². The van der Waals surface area contributed by atoms with Crippen molar-refractivity contribution < 1.29 is 0 Å². The molecular formula is C82H50N8. The summed E-state index contributed by atoms with van der Waals surface area (Å²) in [5.74, 6) is 1.73. The number of benzene rings is 13. The third-order valence-corrected chi connectivity index (χ3v) is 18.0. The van der Waals surface area contributed by atoms with Crippen LogP contribution in [0.15, 0.2) is 303 Å². The van der Waals surface area contributed by atoms with Gasteiger partial charge in [0, 0.05) is 82.3 Å². The molecule has 0 bridgehead atoms. The van der Waals surface area contributed by atoms with Crippen molar-refractivity contribution in [2.24, 2.45) is 0 Å². The first-order valence-electron chi connectivity index (χ1n) is 30.3. The number of para-hydroxylation sites is 6. The van der Waals surface area contributed by atoms with Gasteiger partial charge in [0.15, 0.2) is 17.5 Å². The van der Waals surface area contributed by atoms with Gasteiger partial charge in [-0.15, -0.1) is 0 Å². The van der Waals surface area contributed by atoms with Gasteiger partial charge >= 0.3 is 0 Å². The van der Waals surface area contributed by atoms with Crippen LogP contribution in [-0.2, 0) is 0 Å². The highest BCUT2D eigenvalue weighted by atomic mass is 15.0. The number of fused-ring (bicyclic) bond motifs is 12. The molecule has 0 aliphatic rings. The maximum atomic E-state index is 10.5. The smallest absolute Gasteiger partial charge is 0.164 e. The molecule has 13 aromatic carbocycles. The Labute approximate surface area is 516 Å². The van der Waals surface area contributed by atoms with E-state index < -0.39 is 0 Å². The van der Waals surface area contributed by atoms with Gasteiger partial charge in [-0.3, -0.25) is 0 Å². The highest BCUT2D eigenvalue weighted by Crippen LogP contribution is 2.45. The van der Waals surface area contributed by atoms with E-state index in [9.17, 15) is 5.26 Å². The van der Waals surface area contributed by atoms with Gasteiger partial charge in [-0.2, -0.15) is 5.26 Å². The number of aromatic nitrogens is 7. The lowest BCUT2D eigenvalue weighted by molar-refractivity contribution is 1.07. The Morgan fingerprint density at radius 2 is 0.556 bits per heavy atom. The molecule has 0 radical (unpaired) electrons. The lowest BCUT2D eigenvalue weighted by Gasteiger charge is -2.19. The molecule has 0 unspecified atom stereocenters. The molecule has 0 amide bonds. The topological polar surface area (TPSA) is 82.2 Å². The van der Waals surface area contributed by atoms with Crippen LogP contribution < -0.4 is 0 Å². The van der Waals surface area contributed by atoms with E-state index in [-0.39, 0.29) is 0 Å². The Balaban J connectivity index is 0.888. The lowest BCUT2D eigenvalue weighted by Crippen LogP contribution is -2.03. The van der Waals surface area contributed by atoms with Crippen LogP contribution in [0.4, 0.5) is 0 Å². The van der Waals surface area contributed by atoms with E-state index in [0.717, 1.165) is 127 Å². The summed E-state index contributed by atoms with van der Waals surface area (Å²) >= 11 is 0. The van der Waals surface area contributed by atoms with Gasteiger partial charge in [-0.1, -0.05) is 188 Å². The maximum Gasteiger partial charge on any atom is 0.164 e. The summed E-state index contributed by atoms with van der Waals surface area (Å²) in [5, 5.41) is 20.0. The van der Waals surface area contributed by atoms with Crippen LogP contribution in [0.1, 0.15) is 5.56 Å². The molecule has 0 saturated heterocycles. The maximum absolute atomic E-state index is 10.5. The average Bonchev–Trinajstić information content (AvgIpc) is 1.63. The molecule has 18 aromatic rings. The molecule has 0 aliphatic carbocycles. The Bertz CT molecular complexity index is 5830. The first-order valence-corrected chi connectivity index (χ1v) is 30.3. The molecule has 5 aromatic heterocycles. The highest BCUT2D eigenvalue weighted by Gasteiger charge is 2.24. The Hall–Kier alpha value is -12.4. The normalized spacial score (nSPS) is 11.8. The molecule has 0 N–H and O–H groups in total. The van der Waals surface area contributed by atoms with E-state index in [0.29, 0.717) is 23.0 Å². The van der Waals surface area contributed by atoms with Gasteiger partial charge < -0.3 is 18.3 Å². The zero-order valence-corrected chi connectivity index (χ0v) is 48.4. The Morgan fingerprint density at radius 1 is 0.233 bits per heavy atom. The first-order chi connectivity index (χ1) is 44.6. The van der Waals surface area contributed by atoms with Crippen LogP contribution in [-0.4, -0.2) is 33.2 Å². The number of nitrogens with zero attached hydrogens (tertiary/aromatic N) is 8. The number of hydrogen-bond acceptors (Lipinski definition) is 4. The molecule has 418 valence electrons. The molecule has 8 nitrogen and oxygen atoms in total. The van der Waals surface area contributed by atoms with Crippen molar-refractivity contribution in [1.29, 1.82) is 5.26 Å².